The van der Waals surface area contributed by atoms with E-state index in [-0.39, 0.29) is 0 Å². The van der Waals surface area contributed by atoms with Gasteiger partial charge in [0.2, 0.25) is 0 Å². The highest BCUT2D eigenvalue weighted by Gasteiger charge is 2.06. The monoisotopic (exact) mass is 238 g/mol. The van der Waals surface area contributed by atoms with Crippen molar-refractivity contribution < 1.29 is 9.21 Å². The van der Waals surface area contributed by atoms with Crippen LogP contribution in [0.2, 0.25) is 0 Å². The van der Waals surface area contributed by atoms with Crippen molar-refractivity contribution >= 4 is 17.2 Å². The Hall–Kier alpha value is -2.49. The van der Waals surface area contributed by atoms with Gasteiger partial charge in [0, 0.05) is 16.6 Å². The van der Waals surface area contributed by atoms with Crippen LogP contribution >= 0.6 is 0 Å². The van der Waals surface area contributed by atoms with Crippen molar-refractivity contribution in [3.63, 3.8) is 0 Å². The van der Waals surface area contributed by atoms with Crippen molar-refractivity contribution in [2.45, 2.75) is 6.92 Å². The largest absolute Gasteiger partial charge is 0.453 e. The molecule has 0 radical (unpaired) electrons. The Bertz CT molecular complexity index is 731. The molecule has 0 unspecified atom stereocenters. The molecule has 0 spiro atoms. The lowest BCUT2D eigenvalue weighted by Crippen LogP contribution is -1.87. The van der Waals surface area contributed by atoms with Crippen LogP contribution in [0.5, 0.6) is 0 Å². The zero-order valence-corrected chi connectivity index (χ0v) is 9.75. The van der Waals surface area contributed by atoms with E-state index >= 15 is 0 Å². The number of aromatic nitrogens is 2. The van der Waals surface area contributed by atoms with Crippen LogP contribution in [-0.2, 0) is 0 Å². The molecule has 2 aromatic heterocycles. The molecule has 0 aliphatic heterocycles. The number of nitrogens with zero attached hydrogens (tertiary/aromatic N) is 2. The van der Waals surface area contributed by atoms with Crippen molar-refractivity contribution in [1.82, 2.24) is 9.97 Å². The number of carbonyl (C=O) groups is 1. The SMILES string of the molecule is Cc1ncnc2ccc(-c3ccc(C=O)o3)cc12. The fourth-order valence-corrected chi connectivity index (χ4v) is 1.91. The summed E-state index contributed by atoms with van der Waals surface area (Å²) in [7, 11) is 0. The second kappa shape index (κ2) is 4.07. The van der Waals surface area contributed by atoms with Crippen LogP contribution < -0.4 is 0 Å². The first kappa shape index (κ1) is 10.7. The Balaban J connectivity index is 2.18. The molecule has 0 bridgehead atoms. The van der Waals surface area contributed by atoms with Gasteiger partial charge in [-0.05, 0) is 37.3 Å². The van der Waals surface area contributed by atoms with Gasteiger partial charge in [-0.15, -0.1) is 0 Å². The van der Waals surface area contributed by atoms with Crippen LogP contribution in [0.4, 0.5) is 0 Å². The van der Waals surface area contributed by atoms with E-state index in [0.717, 1.165) is 22.2 Å². The zero-order valence-electron chi connectivity index (χ0n) is 9.75. The Morgan fingerprint density at radius 3 is 2.83 bits per heavy atom. The molecule has 2 heterocycles. The van der Waals surface area contributed by atoms with Crippen molar-refractivity contribution in [1.29, 1.82) is 0 Å². The normalized spacial score (nSPS) is 10.7. The van der Waals surface area contributed by atoms with Crippen LogP contribution in [0, 0.1) is 6.92 Å². The number of furan rings is 1. The lowest BCUT2D eigenvalue weighted by atomic mass is 10.1. The topological polar surface area (TPSA) is 56.0 Å². The summed E-state index contributed by atoms with van der Waals surface area (Å²) in [6.45, 7) is 1.94. The number of aldehydes is 1. The third-order valence-corrected chi connectivity index (χ3v) is 2.86. The molecular formula is C14H10N2O2. The molecule has 0 saturated carbocycles. The standard InChI is InChI=1S/C14H10N2O2/c1-9-12-6-10(2-4-13(12)16-8-15-9)14-5-3-11(7-17)18-14/h2-8H,1H3. The quantitative estimate of drug-likeness (QED) is 0.644. The molecule has 4 nitrogen and oxygen atoms in total. The molecule has 0 saturated heterocycles. The summed E-state index contributed by atoms with van der Waals surface area (Å²) in [4.78, 5) is 19.0. The van der Waals surface area contributed by atoms with Gasteiger partial charge >= 0.3 is 0 Å². The highest BCUT2D eigenvalue weighted by molar-refractivity contribution is 5.85. The number of fused-ring (bicyclic) bond motifs is 1. The maximum absolute atomic E-state index is 10.6. The average molecular weight is 238 g/mol. The lowest BCUT2D eigenvalue weighted by Gasteiger charge is -2.02. The molecule has 0 fully saturated rings. The fourth-order valence-electron chi connectivity index (χ4n) is 1.91. The molecule has 3 rings (SSSR count). The zero-order chi connectivity index (χ0) is 12.5. The van der Waals surface area contributed by atoms with Gasteiger partial charge < -0.3 is 4.42 Å². The van der Waals surface area contributed by atoms with Gasteiger partial charge in [0.15, 0.2) is 12.0 Å². The first-order chi connectivity index (χ1) is 8.78. The predicted octanol–water partition coefficient (Wildman–Crippen LogP) is 3.01. The smallest absolute Gasteiger partial charge is 0.185 e. The minimum atomic E-state index is 0.325. The fraction of sp³-hybridized carbons (Fsp3) is 0.0714. The van der Waals surface area contributed by atoms with E-state index in [1.54, 1.807) is 18.5 Å². The Labute approximate surface area is 103 Å². The van der Waals surface area contributed by atoms with Crippen molar-refractivity contribution in [3.8, 4) is 11.3 Å². The number of aryl methyl sites for hydroxylation is 1. The number of rotatable bonds is 2. The van der Waals surface area contributed by atoms with Gasteiger partial charge in [-0.25, -0.2) is 9.97 Å². The van der Waals surface area contributed by atoms with Gasteiger partial charge in [-0.1, -0.05) is 0 Å². The van der Waals surface area contributed by atoms with Crippen LogP contribution in [0.3, 0.4) is 0 Å². The molecule has 0 aliphatic rings. The molecule has 88 valence electrons. The number of hydrogen-bond acceptors (Lipinski definition) is 4. The summed E-state index contributed by atoms with van der Waals surface area (Å²) in [6, 6.07) is 9.24. The second-order valence-electron chi connectivity index (χ2n) is 4.01. The summed E-state index contributed by atoms with van der Waals surface area (Å²) >= 11 is 0. The van der Waals surface area contributed by atoms with E-state index in [1.165, 1.54) is 0 Å². The molecule has 3 aromatic rings. The highest BCUT2D eigenvalue weighted by atomic mass is 16.3. The van der Waals surface area contributed by atoms with Gasteiger partial charge in [0.1, 0.15) is 12.1 Å². The molecular weight excluding hydrogens is 228 g/mol. The summed E-state index contributed by atoms with van der Waals surface area (Å²) in [5.74, 6) is 0.994. The maximum Gasteiger partial charge on any atom is 0.185 e. The highest BCUT2D eigenvalue weighted by Crippen LogP contribution is 2.25. The molecule has 0 amide bonds. The predicted molar refractivity (Wildman–Crippen MR) is 67.4 cm³/mol. The van der Waals surface area contributed by atoms with Crippen molar-refractivity contribution in [3.05, 3.63) is 48.1 Å². The first-order valence-corrected chi connectivity index (χ1v) is 5.54. The second-order valence-corrected chi connectivity index (χ2v) is 4.01. The minimum absolute atomic E-state index is 0.325. The van der Waals surface area contributed by atoms with E-state index in [4.69, 9.17) is 4.42 Å². The van der Waals surface area contributed by atoms with Gasteiger partial charge in [-0.3, -0.25) is 4.79 Å². The van der Waals surface area contributed by atoms with E-state index in [1.807, 2.05) is 25.1 Å². The molecule has 0 N–H and O–H groups in total. The lowest BCUT2D eigenvalue weighted by molar-refractivity contribution is 0.110. The first-order valence-electron chi connectivity index (χ1n) is 5.54. The molecule has 0 aliphatic carbocycles. The van der Waals surface area contributed by atoms with Gasteiger partial charge in [-0.2, -0.15) is 0 Å². The van der Waals surface area contributed by atoms with Crippen molar-refractivity contribution in [2.24, 2.45) is 0 Å². The minimum Gasteiger partial charge on any atom is -0.453 e. The number of benzene rings is 1. The summed E-state index contributed by atoms with van der Waals surface area (Å²) < 4.78 is 5.40. The van der Waals surface area contributed by atoms with E-state index < -0.39 is 0 Å². The van der Waals surface area contributed by atoms with E-state index in [9.17, 15) is 4.79 Å². The Morgan fingerprint density at radius 1 is 1.17 bits per heavy atom. The third-order valence-electron chi connectivity index (χ3n) is 2.86. The Kier molecular flexibility index (Phi) is 2.41. The summed E-state index contributed by atoms with van der Waals surface area (Å²) in [5, 5.41) is 0.985. The average Bonchev–Trinajstić information content (AvgIpc) is 2.88. The molecule has 18 heavy (non-hydrogen) atoms. The van der Waals surface area contributed by atoms with Gasteiger partial charge in [0.25, 0.3) is 0 Å². The Morgan fingerprint density at radius 2 is 2.06 bits per heavy atom. The van der Waals surface area contributed by atoms with Gasteiger partial charge in [0.05, 0.1) is 5.52 Å². The van der Waals surface area contributed by atoms with Crippen LogP contribution in [-0.4, -0.2) is 16.3 Å². The number of hydrogen-bond donors (Lipinski definition) is 0. The maximum atomic E-state index is 10.6. The van der Waals surface area contributed by atoms with Crippen molar-refractivity contribution in [2.75, 3.05) is 0 Å². The third kappa shape index (κ3) is 1.68. The van der Waals surface area contributed by atoms with E-state index in [2.05, 4.69) is 9.97 Å². The molecule has 0 atom stereocenters. The molecule has 1 aromatic carbocycles. The number of carbonyl (C=O) groups excluding carboxylic acids is 1. The van der Waals surface area contributed by atoms with E-state index in [0.29, 0.717) is 17.8 Å². The van der Waals surface area contributed by atoms with Crippen LogP contribution in [0.15, 0.2) is 41.1 Å². The summed E-state index contributed by atoms with van der Waals surface area (Å²) in [6.07, 6.45) is 2.24. The molecule has 4 heteroatoms. The summed E-state index contributed by atoms with van der Waals surface area (Å²) in [5.41, 5.74) is 2.73. The van der Waals surface area contributed by atoms with Crippen LogP contribution in [0.25, 0.3) is 22.2 Å². The van der Waals surface area contributed by atoms with Crippen LogP contribution in [0.1, 0.15) is 16.2 Å².